The van der Waals surface area contributed by atoms with Crippen LogP contribution in [0.4, 0.5) is 0 Å². The highest BCUT2D eigenvalue weighted by Crippen LogP contribution is 2.31. The molecule has 0 bridgehead atoms. The van der Waals surface area contributed by atoms with Crippen molar-refractivity contribution in [1.82, 2.24) is 5.32 Å². The van der Waals surface area contributed by atoms with Gasteiger partial charge in [-0.15, -0.1) is 0 Å². The van der Waals surface area contributed by atoms with E-state index in [-0.39, 0.29) is 12.0 Å². The van der Waals surface area contributed by atoms with Gasteiger partial charge in [0, 0.05) is 30.7 Å². The zero-order valence-corrected chi connectivity index (χ0v) is 12.3. The quantitative estimate of drug-likeness (QED) is 0.758. The fraction of sp³-hybridized carbons (Fsp3) is 0.600. The highest BCUT2D eigenvalue weighted by Gasteiger charge is 2.16. The van der Waals surface area contributed by atoms with Gasteiger partial charge < -0.3 is 19.9 Å². The number of methoxy groups -OCH3 is 1. The average Bonchev–Trinajstić information content (AvgIpc) is 2.39. The summed E-state index contributed by atoms with van der Waals surface area (Å²) in [5.41, 5.74) is 0.937. The number of para-hydroxylation sites is 1. The number of rotatable bonds is 8. The maximum absolute atomic E-state index is 9.22. The highest BCUT2D eigenvalue weighted by molar-refractivity contribution is 5.46. The number of aliphatic hydroxyl groups is 1. The van der Waals surface area contributed by atoms with Gasteiger partial charge in [-0.3, -0.25) is 0 Å². The second-order valence-electron chi connectivity index (χ2n) is 5.31. The zero-order valence-electron chi connectivity index (χ0n) is 12.3. The third kappa shape index (κ3) is 4.73. The summed E-state index contributed by atoms with van der Waals surface area (Å²) in [5.74, 6) is 1.55. The second kappa shape index (κ2) is 7.36. The van der Waals surface area contributed by atoms with Crippen LogP contribution in [0.3, 0.4) is 0 Å². The van der Waals surface area contributed by atoms with E-state index in [1.165, 1.54) is 0 Å². The molecule has 0 amide bonds. The Balaban J connectivity index is 2.70. The van der Waals surface area contributed by atoms with Gasteiger partial charge in [0.1, 0.15) is 0 Å². The van der Waals surface area contributed by atoms with Crippen molar-refractivity contribution < 1.29 is 14.6 Å². The number of nitrogens with one attached hydrogen (secondary N) is 1. The number of hydrogen-bond donors (Lipinski definition) is 2. The smallest absolute Gasteiger partial charge is 0.165 e. The Hall–Kier alpha value is -1.26. The molecule has 0 spiro atoms. The lowest BCUT2D eigenvalue weighted by Gasteiger charge is -2.22. The monoisotopic (exact) mass is 267 g/mol. The van der Waals surface area contributed by atoms with Crippen LogP contribution in [0.15, 0.2) is 18.2 Å². The fourth-order valence-corrected chi connectivity index (χ4v) is 1.79. The summed E-state index contributed by atoms with van der Waals surface area (Å²) >= 11 is 0. The van der Waals surface area contributed by atoms with Crippen LogP contribution in [0.5, 0.6) is 11.5 Å². The van der Waals surface area contributed by atoms with Gasteiger partial charge in [0.05, 0.1) is 13.7 Å². The minimum absolute atomic E-state index is 0.120. The number of aliphatic hydroxyl groups excluding tert-OH is 1. The molecule has 19 heavy (non-hydrogen) atoms. The predicted octanol–water partition coefficient (Wildman–Crippen LogP) is 2.20. The molecule has 0 radical (unpaired) electrons. The molecule has 0 saturated heterocycles. The zero-order chi connectivity index (χ0) is 14.3. The second-order valence-corrected chi connectivity index (χ2v) is 5.31. The van der Waals surface area contributed by atoms with E-state index in [9.17, 15) is 5.11 Å². The molecule has 1 aromatic rings. The van der Waals surface area contributed by atoms with Crippen LogP contribution in [0.25, 0.3) is 0 Å². The summed E-state index contributed by atoms with van der Waals surface area (Å²) in [6.45, 7) is 8.20. The maximum atomic E-state index is 9.22. The van der Waals surface area contributed by atoms with Gasteiger partial charge in [-0.1, -0.05) is 26.0 Å². The van der Waals surface area contributed by atoms with Crippen LogP contribution >= 0.6 is 0 Å². The average molecular weight is 267 g/mol. The molecule has 0 heterocycles. The summed E-state index contributed by atoms with van der Waals surface area (Å²) in [5, 5.41) is 12.6. The van der Waals surface area contributed by atoms with Crippen molar-refractivity contribution in [2.75, 3.05) is 26.9 Å². The van der Waals surface area contributed by atoms with E-state index < -0.39 is 0 Å². The van der Waals surface area contributed by atoms with Crippen molar-refractivity contribution >= 4 is 0 Å². The van der Waals surface area contributed by atoms with Crippen LogP contribution in [0.2, 0.25) is 0 Å². The summed E-state index contributed by atoms with van der Waals surface area (Å²) in [6.07, 6.45) is 0. The summed E-state index contributed by atoms with van der Waals surface area (Å²) in [7, 11) is 1.65. The molecular weight excluding hydrogens is 242 g/mol. The Bertz CT molecular complexity index is 391. The minimum atomic E-state index is -0.120. The van der Waals surface area contributed by atoms with Crippen molar-refractivity contribution in [3.8, 4) is 11.5 Å². The van der Waals surface area contributed by atoms with E-state index in [1.807, 2.05) is 39.0 Å². The first kappa shape index (κ1) is 15.8. The van der Waals surface area contributed by atoms with Crippen LogP contribution in [0, 0.1) is 5.41 Å². The molecule has 2 N–H and O–H groups in total. The van der Waals surface area contributed by atoms with E-state index in [4.69, 9.17) is 9.47 Å². The molecule has 0 aliphatic carbocycles. The van der Waals surface area contributed by atoms with Crippen LogP contribution in [-0.4, -0.2) is 32.0 Å². The number of ether oxygens (including phenoxy) is 2. The fourth-order valence-electron chi connectivity index (χ4n) is 1.79. The molecule has 0 saturated carbocycles. The first-order chi connectivity index (χ1) is 9.04. The highest BCUT2D eigenvalue weighted by atomic mass is 16.5. The molecule has 1 rings (SSSR count). The molecule has 0 aromatic heterocycles. The molecule has 4 heteroatoms. The first-order valence-electron chi connectivity index (χ1n) is 6.64. The molecule has 4 nitrogen and oxygen atoms in total. The Labute approximate surface area is 115 Å². The summed E-state index contributed by atoms with van der Waals surface area (Å²) in [4.78, 5) is 0. The standard InChI is InChI=1S/C15H25NO3/c1-5-19-13-8-6-7-12(14(13)18-4)9-16-10-15(2,3)11-17/h6-8,16-17H,5,9-11H2,1-4H3. The maximum Gasteiger partial charge on any atom is 0.165 e. The lowest BCUT2D eigenvalue weighted by molar-refractivity contribution is 0.156. The van der Waals surface area contributed by atoms with Crippen LogP contribution in [0.1, 0.15) is 26.3 Å². The Kier molecular flexibility index (Phi) is 6.12. The molecule has 0 unspecified atom stereocenters. The van der Waals surface area contributed by atoms with Gasteiger partial charge in [0.25, 0.3) is 0 Å². The van der Waals surface area contributed by atoms with Crippen molar-refractivity contribution in [3.63, 3.8) is 0 Å². The van der Waals surface area contributed by atoms with Gasteiger partial charge in [0.15, 0.2) is 11.5 Å². The van der Waals surface area contributed by atoms with Gasteiger partial charge in [0.2, 0.25) is 0 Å². The molecule has 1 aromatic carbocycles. The lowest BCUT2D eigenvalue weighted by Crippen LogP contribution is -2.31. The van der Waals surface area contributed by atoms with Crippen LogP contribution < -0.4 is 14.8 Å². The van der Waals surface area contributed by atoms with Crippen LogP contribution in [-0.2, 0) is 6.54 Å². The van der Waals surface area contributed by atoms with Gasteiger partial charge in [-0.2, -0.15) is 0 Å². The van der Waals surface area contributed by atoms with Gasteiger partial charge in [-0.05, 0) is 13.0 Å². The number of hydrogen-bond acceptors (Lipinski definition) is 4. The van der Waals surface area contributed by atoms with Crippen molar-refractivity contribution in [2.45, 2.75) is 27.3 Å². The third-order valence-corrected chi connectivity index (χ3v) is 2.91. The SMILES string of the molecule is CCOc1cccc(CNCC(C)(C)CO)c1OC. The summed E-state index contributed by atoms with van der Waals surface area (Å²) in [6, 6.07) is 5.88. The molecule has 0 atom stereocenters. The largest absolute Gasteiger partial charge is 0.493 e. The number of benzene rings is 1. The van der Waals surface area contributed by atoms with E-state index in [1.54, 1.807) is 7.11 Å². The van der Waals surface area contributed by atoms with E-state index >= 15 is 0 Å². The van der Waals surface area contributed by atoms with Crippen molar-refractivity contribution in [3.05, 3.63) is 23.8 Å². The lowest BCUT2D eigenvalue weighted by atomic mass is 9.95. The Morgan fingerprint density at radius 1 is 1.32 bits per heavy atom. The first-order valence-corrected chi connectivity index (χ1v) is 6.64. The van der Waals surface area contributed by atoms with Gasteiger partial charge >= 0.3 is 0 Å². The topological polar surface area (TPSA) is 50.7 Å². The minimum Gasteiger partial charge on any atom is -0.493 e. The van der Waals surface area contributed by atoms with E-state index in [0.717, 1.165) is 23.6 Å². The molecule has 0 aliphatic rings. The molecule has 108 valence electrons. The van der Waals surface area contributed by atoms with Crippen molar-refractivity contribution in [1.29, 1.82) is 0 Å². The Morgan fingerprint density at radius 3 is 2.63 bits per heavy atom. The molecular formula is C15H25NO3. The van der Waals surface area contributed by atoms with Gasteiger partial charge in [-0.25, -0.2) is 0 Å². The Morgan fingerprint density at radius 2 is 2.05 bits per heavy atom. The predicted molar refractivity (Wildman–Crippen MR) is 76.7 cm³/mol. The molecule has 0 fully saturated rings. The van der Waals surface area contributed by atoms with E-state index in [0.29, 0.717) is 13.2 Å². The third-order valence-electron chi connectivity index (χ3n) is 2.91. The molecule has 0 aliphatic heterocycles. The van der Waals surface area contributed by atoms with Crippen molar-refractivity contribution in [2.24, 2.45) is 5.41 Å². The summed E-state index contributed by atoms with van der Waals surface area (Å²) < 4.78 is 11.0. The van der Waals surface area contributed by atoms with E-state index in [2.05, 4.69) is 5.32 Å². The normalized spacial score (nSPS) is 11.4.